The highest BCUT2D eigenvalue weighted by Crippen LogP contribution is 2.50. The van der Waals surface area contributed by atoms with Crippen molar-refractivity contribution in [2.24, 2.45) is 0 Å². The van der Waals surface area contributed by atoms with E-state index in [0.29, 0.717) is 0 Å². The van der Waals surface area contributed by atoms with E-state index >= 15 is 0 Å². The predicted octanol–water partition coefficient (Wildman–Crippen LogP) is 4.32. The fraction of sp³-hybridized carbons (Fsp3) is 0.296. The minimum Gasteiger partial charge on any atom is -0.388 e. The molecule has 0 aromatic heterocycles. The molecule has 0 saturated carbocycles. The van der Waals surface area contributed by atoms with Gasteiger partial charge in [0, 0.05) is 11.5 Å². The summed E-state index contributed by atoms with van der Waals surface area (Å²) in [6.45, 7) is 1.47. The van der Waals surface area contributed by atoms with Crippen LogP contribution in [0, 0.1) is 6.10 Å². The zero-order valence-electron chi connectivity index (χ0n) is 17.9. The second kappa shape index (κ2) is 8.43. The van der Waals surface area contributed by atoms with Crippen LogP contribution in [-0.2, 0) is 9.47 Å². The number of fused-ring (bicyclic) bond motifs is 3. The molecule has 2 aliphatic rings. The highest BCUT2D eigenvalue weighted by molar-refractivity contribution is 5.78. The summed E-state index contributed by atoms with van der Waals surface area (Å²) in [4.78, 5) is 0. The standard InChI is InChI=1S/C27H27O5/c1-17(28)27(30,25-24(29)16-31-26(32-25)18-9-3-2-4-10-18)15-23-21-13-7-5-11-19(21)20-12-6-8-14-22(20)23/h2-14,23-26,28-30H,15-16H2,1H3/t24-,25-,26?,27-/m1/s1. The van der Waals surface area contributed by atoms with Gasteiger partial charge in [-0.1, -0.05) is 78.9 Å². The Bertz CT molecular complexity index is 1040. The first-order valence-corrected chi connectivity index (χ1v) is 10.9. The predicted molar refractivity (Wildman–Crippen MR) is 120 cm³/mol. The number of aliphatic hydroxyl groups excluding tert-OH is 2. The fourth-order valence-corrected chi connectivity index (χ4v) is 5.01. The highest BCUT2D eigenvalue weighted by Gasteiger charge is 2.52. The SMILES string of the molecule is C[C](O)[C@](O)(CC1c2ccccc2-c2ccccc21)[C@@H]1OC(c2ccccc2)OC[C@H]1O. The van der Waals surface area contributed by atoms with Crippen molar-refractivity contribution in [3.8, 4) is 11.1 Å². The van der Waals surface area contributed by atoms with E-state index in [4.69, 9.17) is 9.47 Å². The number of rotatable bonds is 5. The van der Waals surface area contributed by atoms with Gasteiger partial charge in [-0.2, -0.15) is 0 Å². The summed E-state index contributed by atoms with van der Waals surface area (Å²) in [6.07, 6.45) is -2.89. The van der Waals surface area contributed by atoms with Gasteiger partial charge in [0.1, 0.15) is 23.9 Å². The Balaban J connectivity index is 1.50. The van der Waals surface area contributed by atoms with Crippen molar-refractivity contribution < 1.29 is 24.8 Å². The Hall–Kier alpha value is -2.54. The maximum atomic E-state index is 11.8. The number of benzene rings is 3. The summed E-state index contributed by atoms with van der Waals surface area (Å²) in [5.74, 6) is -0.150. The van der Waals surface area contributed by atoms with E-state index in [1.165, 1.54) is 6.92 Å². The van der Waals surface area contributed by atoms with Crippen LogP contribution in [0.15, 0.2) is 78.9 Å². The van der Waals surface area contributed by atoms with Crippen molar-refractivity contribution in [1.29, 1.82) is 0 Å². The molecule has 1 fully saturated rings. The van der Waals surface area contributed by atoms with E-state index in [0.717, 1.165) is 27.8 Å². The van der Waals surface area contributed by atoms with E-state index in [1.54, 1.807) is 0 Å². The lowest BCUT2D eigenvalue weighted by Gasteiger charge is -2.45. The van der Waals surface area contributed by atoms with Crippen molar-refractivity contribution >= 4 is 0 Å². The molecular formula is C27H27O5. The largest absolute Gasteiger partial charge is 0.388 e. The zero-order valence-corrected chi connectivity index (χ0v) is 17.9. The number of hydrogen-bond acceptors (Lipinski definition) is 5. The van der Waals surface area contributed by atoms with Crippen LogP contribution in [0.2, 0.25) is 0 Å². The van der Waals surface area contributed by atoms with Crippen molar-refractivity contribution in [1.82, 2.24) is 0 Å². The molecule has 1 aliphatic heterocycles. The summed E-state index contributed by atoms with van der Waals surface area (Å²) in [5.41, 5.74) is 3.46. The van der Waals surface area contributed by atoms with E-state index in [1.807, 2.05) is 54.6 Å². The molecule has 3 aromatic carbocycles. The van der Waals surface area contributed by atoms with E-state index in [9.17, 15) is 15.3 Å². The van der Waals surface area contributed by atoms with E-state index < -0.39 is 24.1 Å². The Morgan fingerprint density at radius 1 is 0.906 bits per heavy atom. The van der Waals surface area contributed by atoms with Gasteiger partial charge in [-0.25, -0.2) is 0 Å². The van der Waals surface area contributed by atoms with Gasteiger partial charge in [-0.15, -0.1) is 0 Å². The molecule has 1 unspecified atom stereocenters. The highest BCUT2D eigenvalue weighted by atomic mass is 16.7. The molecule has 1 saturated heterocycles. The molecule has 3 aromatic rings. The average Bonchev–Trinajstić information content (AvgIpc) is 3.13. The molecule has 0 bridgehead atoms. The van der Waals surface area contributed by atoms with Crippen LogP contribution < -0.4 is 0 Å². The second-order valence-corrected chi connectivity index (χ2v) is 8.64. The third-order valence-corrected chi connectivity index (χ3v) is 6.68. The van der Waals surface area contributed by atoms with Gasteiger partial charge in [0.2, 0.25) is 0 Å². The quantitative estimate of drug-likeness (QED) is 0.561. The summed E-state index contributed by atoms with van der Waals surface area (Å²) < 4.78 is 11.8. The number of ether oxygens (including phenoxy) is 2. The van der Waals surface area contributed by atoms with E-state index in [2.05, 4.69) is 24.3 Å². The molecule has 32 heavy (non-hydrogen) atoms. The van der Waals surface area contributed by atoms with Crippen LogP contribution in [0.5, 0.6) is 0 Å². The van der Waals surface area contributed by atoms with Crippen LogP contribution in [-0.4, -0.2) is 39.7 Å². The molecule has 0 amide bonds. The van der Waals surface area contributed by atoms with Crippen LogP contribution >= 0.6 is 0 Å². The van der Waals surface area contributed by atoms with E-state index in [-0.39, 0.29) is 25.0 Å². The Labute approximate surface area is 187 Å². The number of aliphatic hydroxyl groups is 3. The normalized spacial score (nSPS) is 24.7. The van der Waals surface area contributed by atoms with Crippen molar-refractivity contribution in [2.75, 3.05) is 6.61 Å². The van der Waals surface area contributed by atoms with Gasteiger partial charge >= 0.3 is 0 Å². The lowest BCUT2D eigenvalue weighted by atomic mass is 9.76. The maximum absolute atomic E-state index is 11.8. The molecule has 5 nitrogen and oxygen atoms in total. The Morgan fingerprint density at radius 2 is 1.47 bits per heavy atom. The summed E-state index contributed by atoms with van der Waals surface area (Å²) >= 11 is 0. The lowest BCUT2D eigenvalue weighted by Crippen LogP contribution is -2.58. The van der Waals surface area contributed by atoms with Crippen LogP contribution in [0.4, 0.5) is 0 Å². The van der Waals surface area contributed by atoms with Gasteiger partial charge in [0.25, 0.3) is 0 Å². The van der Waals surface area contributed by atoms with Crippen molar-refractivity contribution in [3.05, 3.63) is 102 Å². The van der Waals surface area contributed by atoms with Gasteiger partial charge in [0.05, 0.1) is 6.61 Å². The Morgan fingerprint density at radius 3 is 2.06 bits per heavy atom. The van der Waals surface area contributed by atoms with Gasteiger partial charge in [-0.05, 0) is 35.6 Å². The fourth-order valence-electron chi connectivity index (χ4n) is 5.01. The lowest BCUT2D eigenvalue weighted by molar-refractivity contribution is -0.298. The summed E-state index contributed by atoms with van der Waals surface area (Å²) in [5, 5.41) is 33.3. The van der Waals surface area contributed by atoms with Gasteiger partial charge in [0.15, 0.2) is 6.29 Å². The van der Waals surface area contributed by atoms with Crippen molar-refractivity contribution in [3.63, 3.8) is 0 Å². The number of hydrogen-bond donors (Lipinski definition) is 3. The third kappa shape index (κ3) is 3.56. The topological polar surface area (TPSA) is 79.2 Å². The molecule has 1 aliphatic carbocycles. The molecule has 0 spiro atoms. The molecule has 5 heteroatoms. The molecule has 1 heterocycles. The summed E-state index contributed by atoms with van der Waals surface area (Å²) in [7, 11) is 0. The second-order valence-electron chi connectivity index (χ2n) is 8.64. The average molecular weight is 432 g/mol. The summed E-state index contributed by atoms with van der Waals surface area (Å²) in [6, 6.07) is 25.6. The van der Waals surface area contributed by atoms with Crippen molar-refractivity contribution in [2.45, 2.75) is 43.4 Å². The zero-order chi connectivity index (χ0) is 22.3. The smallest absolute Gasteiger partial charge is 0.184 e. The molecule has 4 atom stereocenters. The minimum absolute atomic E-state index is 0.00232. The first-order chi connectivity index (χ1) is 15.5. The minimum atomic E-state index is -1.77. The third-order valence-electron chi connectivity index (χ3n) is 6.68. The molecule has 3 N–H and O–H groups in total. The molecule has 5 rings (SSSR count). The van der Waals surface area contributed by atoms with Crippen LogP contribution in [0.3, 0.4) is 0 Å². The van der Waals surface area contributed by atoms with Crippen LogP contribution in [0.1, 0.15) is 42.2 Å². The monoisotopic (exact) mass is 431 g/mol. The first-order valence-electron chi connectivity index (χ1n) is 10.9. The molecule has 165 valence electrons. The van der Waals surface area contributed by atoms with Gasteiger partial charge in [-0.3, -0.25) is 0 Å². The first kappa shape index (κ1) is 21.3. The van der Waals surface area contributed by atoms with Gasteiger partial charge < -0.3 is 24.8 Å². The molecule has 1 radical (unpaired) electrons. The van der Waals surface area contributed by atoms with Crippen LogP contribution in [0.25, 0.3) is 11.1 Å². The molecular weight excluding hydrogens is 404 g/mol. The maximum Gasteiger partial charge on any atom is 0.184 e. The Kier molecular flexibility index (Phi) is 5.61.